The summed E-state index contributed by atoms with van der Waals surface area (Å²) in [6.45, 7) is 5.72. The van der Waals surface area contributed by atoms with E-state index < -0.39 is 0 Å². The quantitative estimate of drug-likeness (QED) is 0.753. The Hall–Kier alpha value is -1.00. The standard InChI is InChI=1S/C16H26FN3/c1-3-9-20(12-13-4-5-13)10-8-15(18-2)16-7-6-14(17)11-19-16/h6-7,11,13,15,18H,3-5,8-10,12H2,1-2H3. The summed E-state index contributed by atoms with van der Waals surface area (Å²) in [5.41, 5.74) is 0.928. The van der Waals surface area contributed by atoms with Crippen LogP contribution in [0.4, 0.5) is 4.39 Å². The number of nitrogens with zero attached hydrogens (tertiary/aromatic N) is 2. The van der Waals surface area contributed by atoms with E-state index in [1.807, 2.05) is 7.05 Å². The second-order valence-corrected chi connectivity index (χ2v) is 5.78. The van der Waals surface area contributed by atoms with Crippen LogP contribution < -0.4 is 5.32 Å². The van der Waals surface area contributed by atoms with Crippen molar-refractivity contribution in [2.45, 2.75) is 38.6 Å². The van der Waals surface area contributed by atoms with Crippen molar-refractivity contribution in [2.24, 2.45) is 5.92 Å². The van der Waals surface area contributed by atoms with E-state index in [1.165, 1.54) is 44.6 Å². The lowest BCUT2D eigenvalue weighted by molar-refractivity contribution is 0.248. The molecule has 0 aromatic carbocycles. The monoisotopic (exact) mass is 279 g/mol. The van der Waals surface area contributed by atoms with Gasteiger partial charge in [-0.3, -0.25) is 4.98 Å². The molecule has 0 spiro atoms. The highest BCUT2D eigenvalue weighted by atomic mass is 19.1. The molecule has 112 valence electrons. The third-order valence-electron chi connectivity index (χ3n) is 3.94. The van der Waals surface area contributed by atoms with Gasteiger partial charge in [-0.25, -0.2) is 4.39 Å². The smallest absolute Gasteiger partial charge is 0.141 e. The Kier molecular flexibility index (Phi) is 5.92. The predicted molar refractivity (Wildman–Crippen MR) is 80.1 cm³/mol. The molecule has 4 heteroatoms. The van der Waals surface area contributed by atoms with Gasteiger partial charge in [-0.05, 0) is 57.3 Å². The summed E-state index contributed by atoms with van der Waals surface area (Å²) < 4.78 is 12.9. The number of hydrogen-bond donors (Lipinski definition) is 1. The summed E-state index contributed by atoms with van der Waals surface area (Å²) in [4.78, 5) is 6.75. The fourth-order valence-corrected chi connectivity index (χ4v) is 2.62. The van der Waals surface area contributed by atoms with Gasteiger partial charge in [0.2, 0.25) is 0 Å². The Morgan fingerprint density at radius 1 is 1.40 bits per heavy atom. The maximum atomic E-state index is 12.9. The van der Waals surface area contributed by atoms with Crippen LogP contribution in [-0.2, 0) is 0 Å². The fraction of sp³-hybridized carbons (Fsp3) is 0.688. The summed E-state index contributed by atoms with van der Waals surface area (Å²) in [5.74, 6) is 0.656. The molecule has 1 unspecified atom stereocenters. The van der Waals surface area contributed by atoms with E-state index in [4.69, 9.17) is 0 Å². The maximum absolute atomic E-state index is 12.9. The van der Waals surface area contributed by atoms with Gasteiger partial charge in [0, 0.05) is 13.1 Å². The first-order valence-corrected chi connectivity index (χ1v) is 7.74. The topological polar surface area (TPSA) is 28.2 Å². The van der Waals surface area contributed by atoms with Crippen molar-refractivity contribution in [3.8, 4) is 0 Å². The molecule has 1 atom stereocenters. The van der Waals surface area contributed by atoms with Crippen molar-refractivity contribution in [2.75, 3.05) is 26.7 Å². The first-order valence-electron chi connectivity index (χ1n) is 7.74. The molecule has 0 radical (unpaired) electrons. The average Bonchev–Trinajstić information content (AvgIpc) is 3.25. The van der Waals surface area contributed by atoms with E-state index in [-0.39, 0.29) is 11.9 Å². The van der Waals surface area contributed by atoms with Crippen molar-refractivity contribution >= 4 is 0 Å². The van der Waals surface area contributed by atoms with Gasteiger partial charge in [0.15, 0.2) is 0 Å². The third-order valence-corrected chi connectivity index (χ3v) is 3.94. The van der Waals surface area contributed by atoms with E-state index in [0.29, 0.717) is 0 Å². The third kappa shape index (κ3) is 4.84. The highest BCUT2D eigenvalue weighted by Gasteiger charge is 2.24. The van der Waals surface area contributed by atoms with Crippen LogP contribution >= 0.6 is 0 Å². The number of nitrogens with one attached hydrogen (secondary N) is 1. The van der Waals surface area contributed by atoms with Crippen LogP contribution in [-0.4, -0.2) is 36.6 Å². The Morgan fingerprint density at radius 3 is 2.75 bits per heavy atom. The molecular formula is C16H26FN3. The molecule has 20 heavy (non-hydrogen) atoms. The summed E-state index contributed by atoms with van der Waals surface area (Å²) in [5, 5.41) is 3.29. The van der Waals surface area contributed by atoms with Crippen molar-refractivity contribution in [3.05, 3.63) is 29.8 Å². The molecule has 1 aliphatic carbocycles. The SMILES string of the molecule is CCCN(CCC(NC)c1ccc(F)cn1)CC1CC1. The molecule has 1 saturated carbocycles. The number of aromatic nitrogens is 1. The molecule has 3 nitrogen and oxygen atoms in total. The lowest BCUT2D eigenvalue weighted by Crippen LogP contribution is -2.31. The first-order chi connectivity index (χ1) is 9.72. The maximum Gasteiger partial charge on any atom is 0.141 e. The molecule has 1 fully saturated rings. The van der Waals surface area contributed by atoms with Gasteiger partial charge in [-0.15, -0.1) is 0 Å². The summed E-state index contributed by atoms with van der Waals surface area (Å²) in [7, 11) is 1.95. The molecule has 0 amide bonds. The number of pyridine rings is 1. The van der Waals surface area contributed by atoms with E-state index in [1.54, 1.807) is 6.07 Å². The van der Waals surface area contributed by atoms with Gasteiger partial charge < -0.3 is 10.2 Å². The predicted octanol–water partition coefficient (Wildman–Crippen LogP) is 2.99. The highest BCUT2D eigenvalue weighted by Crippen LogP contribution is 2.30. The molecule has 0 bridgehead atoms. The second kappa shape index (κ2) is 7.70. The van der Waals surface area contributed by atoms with Crippen LogP contribution in [0.5, 0.6) is 0 Å². The fourth-order valence-electron chi connectivity index (χ4n) is 2.62. The number of halogens is 1. The second-order valence-electron chi connectivity index (χ2n) is 5.78. The average molecular weight is 279 g/mol. The zero-order valence-electron chi connectivity index (χ0n) is 12.6. The van der Waals surface area contributed by atoms with E-state index in [9.17, 15) is 4.39 Å². The molecule has 1 heterocycles. The van der Waals surface area contributed by atoms with E-state index in [2.05, 4.69) is 22.1 Å². The lowest BCUT2D eigenvalue weighted by Gasteiger charge is -2.24. The summed E-state index contributed by atoms with van der Waals surface area (Å²) in [6, 6.07) is 3.47. The van der Waals surface area contributed by atoms with Gasteiger partial charge in [0.05, 0.1) is 17.9 Å². The molecule has 1 aromatic rings. The Bertz CT molecular complexity index is 389. The number of hydrogen-bond acceptors (Lipinski definition) is 3. The molecule has 1 N–H and O–H groups in total. The lowest BCUT2D eigenvalue weighted by atomic mass is 10.1. The van der Waals surface area contributed by atoms with Gasteiger partial charge in [-0.2, -0.15) is 0 Å². The summed E-state index contributed by atoms with van der Waals surface area (Å²) >= 11 is 0. The van der Waals surface area contributed by atoms with E-state index in [0.717, 1.165) is 24.6 Å². The molecule has 1 aliphatic rings. The van der Waals surface area contributed by atoms with Gasteiger partial charge in [0.1, 0.15) is 5.82 Å². The molecular weight excluding hydrogens is 253 g/mol. The van der Waals surface area contributed by atoms with Crippen LogP contribution in [0.15, 0.2) is 18.3 Å². The molecule has 0 saturated heterocycles. The van der Waals surface area contributed by atoms with Crippen LogP contribution in [0.1, 0.15) is 44.3 Å². The van der Waals surface area contributed by atoms with Crippen LogP contribution in [0.2, 0.25) is 0 Å². The zero-order chi connectivity index (χ0) is 14.4. The zero-order valence-corrected chi connectivity index (χ0v) is 12.6. The van der Waals surface area contributed by atoms with Crippen molar-refractivity contribution in [1.82, 2.24) is 15.2 Å². The van der Waals surface area contributed by atoms with Crippen molar-refractivity contribution in [1.29, 1.82) is 0 Å². The first kappa shape index (κ1) is 15.4. The van der Waals surface area contributed by atoms with Gasteiger partial charge >= 0.3 is 0 Å². The molecule has 2 rings (SSSR count). The number of rotatable bonds is 9. The van der Waals surface area contributed by atoms with Crippen LogP contribution in [0, 0.1) is 11.7 Å². The normalized spacial score (nSPS) is 16.6. The van der Waals surface area contributed by atoms with Crippen LogP contribution in [0.3, 0.4) is 0 Å². The Morgan fingerprint density at radius 2 is 2.20 bits per heavy atom. The van der Waals surface area contributed by atoms with Gasteiger partial charge in [-0.1, -0.05) is 6.92 Å². The minimum absolute atomic E-state index is 0.203. The van der Waals surface area contributed by atoms with Crippen molar-refractivity contribution in [3.63, 3.8) is 0 Å². The molecule has 0 aliphatic heterocycles. The van der Waals surface area contributed by atoms with E-state index >= 15 is 0 Å². The van der Waals surface area contributed by atoms with Crippen LogP contribution in [0.25, 0.3) is 0 Å². The minimum Gasteiger partial charge on any atom is -0.312 e. The van der Waals surface area contributed by atoms with Crippen molar-refractivity contribution < 1.29 is 4.39 Å². The minimum atomic E-state index is -0.273. The molecule has 1 aromatic heterocycles. The Balaban J connectivity index is 1.86. The Labute approximate surface area is 121 Å². The van der Waals surface area contributed by atoms with Gasteiger partial charge in [0.25, 0.3) is 0 Å². The largest absolute Gasteiger partial charge is 0.312 e. The summed E-state index contributed by atoms with van der Waals surface area (Å²) in [6.07, 6.45) is 6.31. The highest BCUT2D eigenvalue weighted by molar-refractivity contribution is 5.09.